The van der Waals surface area contributed by atoms with Crippen LogP contribution in [0.5, 0.6) is 0 Å². The molecule has 7 heteroatoms. The predicted octanol–water partition coefficient (Wildman–Crippen LogP) is 4.32. The Balaban J connectivity index is 1.97. The van der Waals surface area contributed by atoms with Gasteiger partial charge in [-0.15, -0.1) is 0 Å². The van der Waals surface area contributed by atoms with E-state index in [9.17, 15) is 13.6 Å². The maximum atomic E-state index is 13.0. The number of hydrogen-bond acceptors (Lipinski definition) is 2. The SMILES string of the molecule is O=C(CNc1cc(F)cc(F)c1)Nc1cc(Cl)ccc1Cl. The first-order chi connectivity index (χ1) is 9.94. The lowest BCUT2D eigenvalue weighted by atomic mass is 10.3. The van der Waals surface area contributed by atoms with Crippen molar-refractivity contribution in [3.63, 3.8) is 0 Å². The van der Waals surface area contributed by atoms with Crippen LogP contribution >= 0.6 is 23.2 Å². The average Bonchev–Trinajstić information content (AvgIpc) is 2.40. The first-order valence-electron chi connectivity index (χ1n) is 5.89. The van der Waals surface area contributed by atoms with Crippen LogP contribution < -0.4 is 10.6 Å². The Morgan fingerprint density at radius 2 is 1.71 bits per heavy atom. The zero-order valence-corrected chi connectivity index (χ0v) is 12.1. The van der Waals surface area contributed by atoms with Crippen molar-refractivity contribution >= 4 is 40.5 Å². The van der Waals surface area contributed by atoms with Crippen LogP contribution in [0.4, 0.5) is 20.2 Å². The van der Waals surface area contributed by atoms with Crippen LogP contribution in [0.1, 0.15) is 0 Å². The molecule has 0 aliphatic rings. The van der Waals surface area contributed by atoms with Crippen LogP contribution in [0.25, 0.3) is 0 Å². The molecule has 21 heavy (non-hydrogen) atoms. The average molecular weight is 331 g/mol. The maximum absolute atomic E-state index is 13.0. The highest BCUT2D eigenvalue weighted by atomic mass is 35.5. The minimum atomic E-state index is -0.726. The fraction of sp³-hybridized carbons (Fsp3) is 0.0714. The van der Waals surface area contributed by atoms with Crippen molar-refractivity contribution in [2.75, 3.05) is 17.2 Å². The van der Waals surface area contributed by atoms with Gasteiger partial charge in [-0.2, -0.15) is 0 Å². The van der Waals surface area contributed by atoms with Gasteiger partial charge in [-0.3, -0.25) is 4.79 Å². The van der Waals surface area contributed by atoms with Crippen molar-refractivity contribution in [3.8, 4) is 0 Å². The molecule has 2 N–H and O–H groups in total. The molecule has 0 heterocycles. The third kappa shape index (κ3) is 4.58. The summed E-state index contributed by atoms with van der Waals surface area (Å²) in [5.74, 6) is -1.88. The summed E-state index contributed by atoms with van der Waals surface area (Å²) in [6.07, 6.45) is 0. The molecule has 0 radical (unpaired) electrons. The molecule has 0 aliphatic heterocycles. The Bertz CT molecular complexity index is 660. The van der Waals surface area contributed by atoms with E-state index in [0.717, 1.165) is 18.2 Å². The van der Waals surface area contributed by atoms with Crippen LogP contribution in [-0.2, 0) is 4.79 Å². The summed E-state index contributed by atoms with van der Waals surface area (Å²) in [7, 11) is 0. The van der Waals surface area contributed by atoms with Gasteiger partial charge in [-0.1, -0.05) is 23.2 Å². The molecule has 0 saturated carbocycles. The maximum Gasteiger partial charge on any atom is 0.243 e. The van der Waals surface area contributed by atoms with Gasteiger partial charge >= 0.3 is 0 Å². The molecule has 0 saturated heterocycles. The quantitative estimate of drug-likeness (QED) is 0.876. The first-order valence-corrected chi connectivity index (χ1v) is 6.64. The Kier molecular flexibility index (Phi) is 4.98. The van der Waals surface area contributed by atoms with E-state index in [0.29, 0.717) is 15.7 Å². The second-order valence-corrected chi connectivity index (χ2v) is 5.03. The summed E-state index contributed by atoms with van der Waals surface area (Å²) in [6, 6.07) is 7.56. The van der Waals surface area contributed by atoms with Gasteiger partial charge in [0.2, 0.25) is 5.91 Å². The smallest absolute Gasteiger partial charge is 0.243 e. The van der Waals surface area contributed by atoms with E-state index >= 15 is 0 Å². The first kappa shape index (κ1) is 15.5. The van der Waals surface area contributed by atoms with Crippen molar-refractivity contribution in [1.29, 1.82) is 0 Å². The van der Waals surface area contributed by atoms with Gasteiger partial charge in [0, 0.05) is 16.8 Å². The van der Waals surface area contributed by atoms with E-state index in [2.05, 4.69) is 10.6 Å². The summed E-state index contributed by atoms with van der Waals surface area (Å²) in [4.78, 5) is 11.8. The van der Waals surface area contributed by atoms with Gasteiger partial charge in [0.05, 0.1) is 17.3 Å². The molecule has 0 fully saturated rings. The number of nitrogens with one attached hydrogen (secondary N) is 2. The Hall–Kier alpha value is -1.85. The van der Waals surface area contributed by atoms with Crippen molar-refractivity contribution in [2.24, 2.45) is 0 Å². The van der Waals surface area contributed by atoms with Gasteiger partial charge in [-0.25, -0.2) is 8.78 Å². The minimum Gasteiger partial charge on any atom is -0.376 e. The third-order valence-electron chi connectivity index (χ3n) is 2.52. The van der Waals surface area contributed by atoms with E-state index in [4.69, 9.17) is 23.2 Å². The van der Waals surface area contributed by atoms with Crippen molar-refractivity contribution < 1.29 is 13.6 Å². The summed E-state index contributed by atoms with van der Waals surface area (Å²) in [5, 5.41) is 5.92. The number of hydrogen-bond donors (Lipinski definition) is 2. The van der Waals surface area contributed by atoms with Gasteiger partial charge in [-0.05, 0) is 30.3 Å². The van der Waals surface area contributed by atoms with E-state index in [-0.39, 0.29) is 12.2 Å². The molecule has 2 rings (SSSR count). The lowest BCUT2D eigenvalue weighted by molar-refractivity contribution is -0.114. The second-order valence-electron chi connectivity index (χ2n) is 4.18. The molecule has 0 bridgehead atoms. The summed E-state index contributed by atoms with van der Waals surface area (Å²) >= 11 is 11.7. The van der Waals surface area contributed by atoms with Crippen LogP contribution in [0.2, 0.25) is 10.0 Å². The molecule has 0 aliphatic carbocycles. The number of carbonyl (C=O) groups is 1. The van der Waals surface area contributed by atoms with Gasteiger partial charge < -0.3 is 10.6 Å². The largest absolute Gasteiger partial charge is 0.376 e. The predicted molar refractivity (Wildman–Crippen MR) is 79.9 cm³/mol. The molecule has 1 amide bonds. The lowest BCUT2D eigenvalue weighted by Crippen LogP contribution is -2.22. The summed E-state index contributed by atoms with van der Waals surface area (Å²) in [5.41, 5.74) is 0.529. The fourth-order valence-electron chi connectivity index (χ4n) is 1.63. The molecular formula is C14H10Cl2F2N2O. The molecule has 0 atom stereocenters. The molecule has 110 valence electrons. The van der Waals surface area contributed by atoms with E-state index in [1.807, 2.05) is 0 Å². The zero-order chi connectivity index (χ0) is 15.4. The summed E-state index contributed by atoms with van der Waals surface area (Å²) < 4.78 is 26.0. The molecule has 0 spiro atoms. The highest BCUT2D eigenvalue weighted by Gasteiger charge is 2.07. The van der Waals surface area contributed by atoms with Crippen LogP contribution in [0.15, 0.2) is 36.4 Å². The number of halogens is 4. The van der Waals surface area contributed by atoms with Crippen LogP contribution in [0.3, 0.4) is 0 Å². The second kappa shape index (κ2) is 6.74. The molecule has 2 aromatic rings. The van der Waals surface area contributed by atoms with Crippen LogP contribution in [0, 0.1) is 11.6 Å². The standard InChI is InChI=1S/C14H10Cl2F2N2O/c15-8-1-2-12(16)13(3-8)20-14(21)7-19-11-5-9(17)4-10(18)6-11/h1-6,19H,7H2,(H,20,21). The molecule has 2 aromatic carbocycles. The van der Waals surface area contributed by atoms with E-state index < -0.39 is 17.5 Å². The lowest BCUT2D eigenvalue weighted by Gasteiger charge is -2.09. The Labute approximate surface area is 129 Å². The molecule has 0 aromatic heterocycles. The third-order valence-corrected chi connectivity index (χ3v) is 3.08. The van der Waals surface area contributed by atoms with Crippen LogP contribution in [-0.4, -0.2) is 12.5 Å². The van der Waals surface area contributed by atoms with Crippen molar-refractivity contribution in [3.05, 3.63) is 58.1 Å². The monoisotopic (exact) mass is 330 g/mol. The number of amides is 1. The van der Waals surface area contributed by atoms with E-state index in [1.165, 1.54) is 6.07 Å². The number of anilines is 2. The fourth-order valence-corrected chi connectivity index (χ4v) is 1.96. The van der Waals surface area contributed by atoms with Gasteiger partial charge in [0.1, 0.15) is 11.6 Å². The van der Waals surface area contributed by atoms with Gasteiger partial charge in [0.25, 0.3) is 0 Å². The van der Waals surface area contributed by atoms with E-state index in [1.54, 1.807) is 12.1 Å². The molecular weight excluding hydrogens is 321 g/mol. The summed E-state index contributed by atoms with van der Waals surface area (Å²) in [6.45, 7) is -0.175. The normalized spacial score (nSPS) is 10.3. The number of benzene rings is 2. The topological polar surface area (TPSA) is 41.1 Å². The van der Waals surface area contributed by atoms with Crippen molar-refractivity contribution in [2.45, 2.75) is 0 Å². The Morgan fingerprint density at radius 3 is 2.38 bits per heavy atom. The minimum absolute atomic E-state index is 0.167. The van der Waals surface area contributed by atoms with Gasteiger partial charge in [0.15, 0.2) is 0 Å². The molecule has 0 unspecified atom stereocenters. The number of rotatable bonds is 4. The highest BCUT2D eigenvalue weighted by Crippen LogP contribution is 2.25. The Morgan fingerprint density at radius 1 is 1.05 bits per heavy atom. The zero-order valence-electron chi connectivity index (χ0n) is 10.6. The van der Waals surface area contributed by atoms with Crippen molar-refractivity contribution in [1.82, 2.24) is 0 Å². The number of carbonyl (C=O) groups excluding carboxylic acids is 1. The highest BCUT2D eigenvalue weighted by molar-refractivity contribution is 6.35. The molecule has 3 nitrogen and oxygen atoms in total.